The Morgan fingerprint density at radius 3 is 2.62 bits per heavy atom. The van der Waals surface area contributed by atoms with Crippen molar-refractivity contribution in [2.24, 2.45) is 0 Å². The molecule has 0 spiro atoms. The van der Waals surface area contributed by atoms with Crippen molar-refractivity contribution in [3.63, 3.8) is 0 Å². The maximum absolute atomic E-state index is 5.27. The number of rotatable bonds is 2. The lowest BCUT2D eigenvalue weighted by Gasteiger charge is -1.93. The molecule has 0 aromatic carbocycles. The molecule has 5 heteroatoms. The number of hydrogen-bond acceptors (Lipinski definition) is 4. The number of hydrogen-bond donors (Lipinski definition) is 0. The normalized spacial score (nSPS) is 10.7. The highest BCUT2D eigenvalue weighted by Gasteiger charge is 2.15. The maximum atomic E-state index is 5.27. The highest BCUT2D eigenvalue weighted by Crippen LogP contribution is 2.48. The maximum Gasteiger partial charge on any atom is 0.161 e. The molecular formula is C8H7BrO2S2. The quantitative estimate of drug-likeness (QED) is 0.833. The van der Waals surface area contributed by atoms with Crippen LogP contribution in [-0.4, -0.2) is 14.2 Å². The molecule has 2 heterocycles. The Morgan fingerprint density at radius 1 is 1.23 bits per heavy atom. The van der Waals surface area contributed by atoms with Crippen LogP contribution in [0.5, 0.6) is 11.5 Å². The minimum atomic E-state index is 0.910. The van der Waals surface area contributed by atoms with Crippen LogP contribution in [0, 0.1) is 0 Å². The van der Waals surface area contributed by atoms with Crippen molar-refractivity contribution in [2.45, 2.75) is 0 Å². The highest BCUT2D eigenvalue weighted by molar-refractivity contribution is 9.11. The summed E-state index contributed by atoms with van der Waals surface area (Å²) < 4.78 is 13.8. The van der Waals surface area contributed by atoms with Crippen LogP contribution in [0.3, 0.4) is 0 Å². The van der Waals surface area contributed by atoms with Crippen LogP contribution in [0.1, 0.15) is 0 Å². The van der Waals surface area contributed by atoms with Crippen molar-refractivity contribution < 1.29 is 9.47 Å². The predicted octanol–water partition coefficient (Wildman–Crippen LogP) is 3.74. The van der Waals surface area contributed by atoms with Crippen LogP contribution in [-0.2, 0) is 0 Å². The Morgan fingerprint density at radius 2 is 2.00 bits per heavy atom. The molecule has 2 nitrogen and oxygen atoms in total. The van der Waals surface area contributed by atoms with Crippen molar-refractivity contribution >= 4 is 48.0 Å². The zero-order chi connectivity index (χ0) is 9.42. The zero-order valence-corrected chi connectivity index (χ0v) is 10.3. The Hall–Kier alpha value is -0.260. The van der Waals surface area contributed by atoms with E-state index in [0.29, 0.717) is 0 Å². The van der Waals surface area contributed by atoms with Crippen LogP contribution in [0.2, 0.25) is 0 Å². The molecule has 0 aliphatic rings. The Bertz CT molecular complexity index is 432. The predicted molar refractivity (Wildman–Crippen MR) is 60.5 cm³/mol. The molecule has 2 aromatic heterocycles. The zero-order valence-electron chi connectivity index (χ0n) is 7.09. The van der Waals surface area contributed by atoms with Crippen molar-refractivity contribution in [2.75, 3.05) is 14.2 Å². The summed E-state index contributed by atoms with van der Waals surface area (Å²) in [6.07, 6.45) is 0. The van der Waals surface area contributed by atoms with E-state index in [-0.39, 0.29) is 0 Å². The molecule has 0 bridgehead atoms. The lowest BCUT2D eigenvalue weighted by Crippen LogP contribution is -1.78. The van der Waals surface area contributed by atoms with E-state index in [1.807, 2.05) is 5.38 Å². The smallest absolute Gasteiger partial charge is 0.161 e. The Balaban J connectivity index is 2.72. The molecule has 0 unspecified atom stereocenters. The number of ether oxygens (including phenoxy) is 2. The average Bonchev–Trinajstić information content (AvgIpc) is 2.62. The molecule has 2 rings (SSSR count). The largest absolute Gasteiger partial charge is 0.494 e. The molecule has 0 saturated carbocycles. The first-order valence-electron chi connectivity index (χ1n) is 3.55. The van der Waals surface area contributed by atoms with Gasteiger partial charge in [0.05, 0.1) is 23.6 Å². The minimum absolute atomic E-state index is 0.910. The Kier molecular flexibility index (Phi) is 2.49. The Labute approximate surface area is 92.2 Å². The van der Waals surface area contributed by atoms with Gasteiger partial charge in [0.15, 0.2) is 5.75 Å². The van der Waals surface area contributed by atoms with E-state index in [1.54, 1.807) is 36.9 Å². The molecule has 0 saturated heterocycles. The number of halogens is 1. The molecule has 0 fully saturated rings. The van der Waals surface area contributed by atoms with E-state index < -0.39 is 0 Å². The molecular weight excluding hydrogens is 272 g/mol. The first kappa shape index (κ1) is 9.30. The first-order valence-corrected chi connectivity index (χ1v) is 6.04. The van der Waals surface area contributed by atoms with Gasteiger partial charge in [0.25, 0.3) is 0 Å². The lowest BCUT2D eigenvalue weighted by molar-refractivity contribution is 0.418. The molecule has 0 atom stereocenters. The van der Waals surface area contributed by atoms with Crippen LogP contribution in [0.4, 0.5) is 0 Å². The van der Waals surface area contributed by atoms with Crippen molar-refractivity contribution in [3.8, 4) is 11.5 Å². The van der Waals surface area contributed by atoms with Gasteiger partial charge >= 0.3 is 0 Å². The van der Waals surface area contributed by atoms with E-state index >= 15 is 0 Å². The number of thiophene rings is 2. The topological polar surface area (TPSA) is 18.5 Å². The number of fused-ring (bicyclic) bond motifs is 1. The third kappa shape index (κ3) is 1.35. The molecule has 13 heavy (non-hydrogen) atoms. The summed E-state index contributed by atoms with van der Waals surface area (Å²) in [7, 11) is 3.36. The molecule has 0 radical (unpaired) electrons. The van der Waals surface area contributed by atoms with Gasteiger partial charge in [0.1, 0.15) is 9.54 Å². The van der Waals surface area contributed by atoms with Crippen LogP contribution in [0.15, 0.2) is 9.17 Å². The van der Waals surface area contributed by atoms with Gasteiger partial charge in [-0.05, 0) is 15.9 Å². The molecule has 70 valence electrons. The minimum Gasteiger partial charge on any atom is -0.494 e. The van der Waals surface area contributed by atoms with Gasteiger partial charge in [-0.15, -0.1) is 22.7 Å². The van der Waals surface area contributed by atoms with E-state index in [1.165, 1.54) is 0 Å². The van der Waals surface area contributed by atoms with Gasteiger partial charge in [-0.3, -0.25) is 0 Å². The first-order chi connectivity index (χ1) is 6.27. The second kappa shape index (κ2) is 3.48. The SMILES string of the molecule is COc1csc2c(OC)c(Br)sc12. The van der Waals surface area contributed by atoms with Gasteiger partial charge in [-0.25, -0.2) is 0 Å². The fourth-order valence-corrected chi connectivity index (χ4v) is 4.33. The van der Waals surface area contributed by atoms with Gasteiger partial charge in [0, 0.05) is 5.38 Å². The van der Waals surface area contributed by atoms with Gasteiger partial charge in [0.2, 0.25) is 0 Å². The second-order valence-corrected chi connectivity index (χ2v) is 5.59. The molecule has 0 amide bonds. The van der Waals surface area contributed by atoms with E-state index in [4.69, 9.17) is 9.47 Å². The fourth-order valence-electron chi connectivity index (χ4n) is 1.12. The van der Waals surface area contributed by atoms with Crippen molar-refractivity contribution in [3.05, 3.63) is 9.17 Å². The van der Waals surface area contributed by atoms with Crippen LogP contribution >= 0.6 is 38.6 Å². The van der Waals surface area contributed by atoms with Crippen molar-refractivity contribution in [1.82, 2.24) is 0 Å². The van der Waals surface area contributed by atoms with E-state index in [2.05, 4.69) is 15.9 Å². The van der Waals surface area contributed by atoms with Crippen LogP contribution in [0.25, 0.3) is 9.40 Å². The van der Waals surface area contributed by atoms with Gasteiger partial charge in [-0.2, -0.15) is 0 Å². The summed E-state index contributed by atoms with van der Waals surface area (Å²) in [5.41, 5.74) is 0. The second-order valence-electron chi connectivity index (χ2n) is 2.37. The third-order valence-electron chi connectivity index (χ3n) is 1.71. The van der Waals surface area contributed by atoms with Crippen LogP contribution < -0.4 is 9.47 Å². The van der Waals surface area contributed by atoms with E-state index in [9.17, 15) is 0 Å². The summed E-state index contributed by atoms with van der Waals surface area (Å²) in [6.45, 7) is 0. The molecule has 0 N–H and O–H groups in total. The standard InChI is InChI=1S/C8H7BrO2S2/c1-10-4-3-12-7-5(11-2)8(9)13-6(4)7/h3H,1-2H3. The lowest BCUT2D eigenvalue weighted by atomic mass is 10.5. The van der Waals surface area contributed by atoms with Gasteiger partial charge in [-0.1, -0.05) is 0 Å². The molecule has 2 aromatic rings. The summed E-state index contributed by atoms with van der Waals surface area (Å²) >= 11 is 6.74. The van der Waals surface area contributed by atoms with Crippen molar-refractivity contribution in [1.29, 1.82) is 0 Å². The van der Waals surface area contributed by atoms with E-state index in [0.717, 1.165) is 24.7 Å². The summed E-state index contributed by atoms with van der Waals surface area (Å²) in [6, 6.07) is 0. The monoisotopic (exact) mass is 278 g/mol. The summed E-state index contributed by atoms with van der Waals surface area (Å²) in [5, 5.41) is 2.00. The number of methoxy groups -OCH3 is 2. The fraction of sp³-hybridized carbons (Fsp3) is 0.250. The van der Waals surface area contributed by atoms with Gasteiger partial charge < -0.3 is 9.47 Å². The average molecular weight is 279 g/mol. The summed E-state index contributed by atoms with van der Waals surface area (Å²) in [5.74, 6) is 1.84. The molecule has 0 aliphatic heterocycles. The molecule has 0 aliphatic carbocycles. The summed E-state index contributed by atoms with van der Waals surface area (Å²) in [4.78, 5) is 0. The third-order valence-corrected chi connectivity index (χ3v) is 4.62. The highest BCUT2D eigenvalue weighted by atomic mass is 79.9.